The standard InChI is InChI=1S/C18H16N2O5S/c1-4-11-19-14-7-5-6-8-17(14)26(22,23)20(18(19)21)13-9-10-15(24-2)16(12-13)25-3/h1,5-10,12H,11H2,2-3H3. The normalized spacial score (nSPS) is 15.2. The van der Waals surface area contributed by atoms with E-state index < -0.39 is 16.1 Å². The Kier molecular flexibility index (Phi) is 4.49. The summed E-state index contributed by atoms with van der Waals surface area (Å²) in [5.74, 6) is 3.10. The number of amides is 2. The lowest BCUT2D eigenvalue weighted by atomic mass is 10.2. The van der Waals surface area contributed by atoms with Gasteiger partial charge in [0, 0.05) is 6.07 Å². The molecule has 0 bridgehead atoms. The Morgan fingerprint density at radius 2 is 1.77 bits per heavy atom. The number of hydrogen-bond donors (Lipinski definition) is 0. The molecule has 0 spiro atoms. The predicted octanol–water partition coefficient (Wildman–Crippen LogP) is 2.47. The van der Waals surface area contributed by atoms with Crippen LogP contribution in [-0.4, -0.2) is 35.2 Å². The van der Waals surface area contributed by atoms with Crippen LogP contribution in [0.2, 0.25) is 0 Å². The van der Waals surface area contributed by atoms with Crippen LogP contribution in [0.15, 0.2) is 47.4 Å². The summed E-state index contributed by atoms with van der Waals surface area (Å²) >= 11 is 0. The van der Waals surface area contributed by atoms with Crippen LogP contribution in [0.3, 0.4) is 0 Å². The second-order valence-corrected chi connectivity index (χ2v) is 7.10. The molecule has 2 aromatic rings. The molecule has 1 aliphatic heterocycles. The first-order chi connectivity index (χ1) is 12.5. The van der Waals surface area contributed by atoms with Gasteiger partial charge in [0.15, 0.2) is 11.5 Å². The van der Waals surface area contributed by atoms with E-state index in [1.807, 2.05) is 0 Å². The third-order valence-corrected chi connectivity index (χ3v) is 5.68. The second-order valence-electron chi connectivity index (χ2n) is 5.35. The number of fused-ring (bicyclic) bond motifs is 1. The Morgan fingerprint density at radius 3 is 2.42 bits per heavy atom. The van der Waals surface area contributed by atoms with Crippen molar-refractivity contribution < 1.29 is 22.7 Å². The first-order valence-electron chi connectivity index (χ1n) is 7.57. The molecular weight excluding hydrogens is 356 g/mol. The molecule has 0 saturated heterocycles. The lowest BCUT2D eigenvalue weighted by Crippen LogP contribution is -2.51. The molecule has 2 amide bonds. The number of terminal acetylenes is 1. The van der Waals surface area contributed by atoms with Gasteiger partial charge in [-0.1, -0.05) is 18.1 Å². The van der Waals surface area contributed by atoms with E-state index in [9.17, 15) is 13.2 Å². The first kappa shape index (κ1) is 17.6. The van der Waals surface area contributed by atoms with E-state index in [0.717, 1.165) is 0 Å². The van der Waals surface area contributed by atoms with Gasteiger partial charge >= 0.3 is 6.03 Å². The van der Waals surface area contributed by atoms with Crippen LogP contribution in [0.4, 0.5) is 16.2 Å². The molecule has 1 aliphatic rings. The fraction of sp³-hybridized carbons (Fsp3) is 0.167. The molecule has 134 valence electrons. The van der Waals surface area contributed by atoms with Gasteiger partial charge in [0.1, 0.15) is 4.90 Å². The summed E-state index contributed by atoms with van der Waals surface area (Å²) < 4.78 is 37.2. The Balaban J connectivity index is 2.22. The highest BCUT2D eigenvalue weighted by atomic mass is 32.2. The third-order valence-electron chi connectivity index (χ3n) is 3.93. The van der Waals surface area contributed by atoms with Gasteiger partial charge in [-0.2, -0.15) is 4.31 Å². The largest absolute Gasteiger partial charge is 0.493 e. The van der Waals surface area contributed by atoms with E-state index in [0.29, 0.717) is 15.8 Å². The van der Waals surface area contributed by atoms with Gasteiger partial charge in [0.2, 0.25) is 0 Å². The number of methoxy groups -OCH3 is 2. The molecule has 3 rings (SSSR count). The van der Waals surface area contributed by atoms with Gasteiger partial charge in [0.05, 0.1) is 32.1 Å². The number of sulfonamides is 1. The molecule has 0 aliphatic carbocycles. The Labute approximate surface area is 151 Å². The molecule has 1 heterocycles. The highest BCUT2D eigenvalue weighted by Crippen LogP contribution is 2.39. The zero-order chi connectivity index (χ0) is 18.9. The topological polar surface area (TPSA) is 76.2 Å². The van der Waals surface area contributed by atoms with Crippen LogP contribution in [-0.2, 0) is 10.0 Å². The van der Waals surface area contributed by atoms with Crippen molar-refractivity contribution in [1.29, 1.82) is 0 Å². The van der Waals surface area contributed by atoms with Crippen LogP contribution >= 0.6 is 0 Å². The fourth-order valence-corrected chi connectivity index (χ4v) is 4.34. The molecule has 8 heteroatoms. The highest BCUT2D eigenvalue weighted by Gasteiger charge is 2.42. The van der Waals surface area contributed by atoms with Crippen molar-refractivity contribution in [3.63, 3.8) is 0 Å². The number of rotatable bonds is 4. The number of anilines is 2. The van der Waals surface area contributed by atoms with Crippen molar-refractivity contribution in [2.75, 3.05) is 30.0 Å². The van der Waals surface area contributed by atoms with E-state index in [2.05, 4.69) is 5.92 Å². The van der Waals surface area contributed by atoms with Gasteiger partial charge < -0.3 is 9.47 Å². The second kappa shape index (κ2) is 6.61. The fourth-order valence-electron chi connectivity index (χ4n) is 2.76. The lowest BCUT2D eigenvalue weighted by molar-refractivity contribution is 0.254. The van der Waals surface area contributed by atoms with Crippen molar-refractivity contribution in [2.45, 2.75) is 4.90 Å². The average molecular weight is 372 g/mol. The van der Waals surface area contributed by atoms with Crippen LogP contribution in [0.1, 0.15) is 0 Å². The van der Waals surface area contributed by atoms with Crippen LogP contribution in [0.5, 0.6) is 11.5 Å². The van der Waals surface area contributed by atoms with Crippen LogP contribution in [0.25, 0.3) is 0 Å². The van der Waals surface area contributed by atoms with E-state index in [4.69, 9.17) is 15.9 Å². The first-order valence-corrected chi connectivity index (χ1v) is 9.01. The van der Waals surface area contributed by atoms with Gasteiger partial charge in [-0.25, -0.2) is 13.2 Å². The summed E-state index contributed by atoms with van der Waals surface area (Å²) in [5, 5.41) is 0. The summed E-state index contributed by atoms with van der Waals surface area (Å²) in [6.45, 7) is -0.0604. The zero-order valence-electron chi connectivity index (χ0n) is 14.2. The number of para-hydroxylation sites is 1. The summed E-state index contributed by atoms with van der Waals surface area (Å²) in [6, 6.07) is 9.90. The molecule has 2 aromatic carbocycles. The molecule has 0 N–H and O–H groups in total. The Bertz CT molecular complexity index is 1010. The maximum Gasteiger partial charge on any atom is 0.344 e. The molecule has 0 atom stereocenters. The van der Waals surface area contributed by atoms with Gasteiger partial charge in [-0.3, -0.25) is 4.90 Å². The third kappa shape index (κ3) is 2.62. The van der Waals surface area contributed by atoms with Gasteiger partial charge in [-0.15, -0.1) is 6.42 Å². The van der Waals surface area contributed by atoms with Crippen molar-refractivity contribution in [3.05, 3.63) is 42.5 Å². The summed E-state index contributed by atoms with van der Waals surface area (Å²) in [7, 11) is -1.22. The van der Waals surface area contributed by atoms with E-state index in [-0.39, 0.29) is 22.8 Å². The maximum atomic E-state index is 13.1. The molecule has 0 fully saturated rings. The lowest BCUT2D eigenvalue weighted by Gasteiger charge is -2.35. The monoisotopic (exact) mass is 372 g/mol. The number of urea groups is 1. The predicted molar refractivity (Wildman–Crippen MR) is 97.2 cm³/mol. The summed E-state index contributed by atoms with van der Waals surface area (Å²) in [5.41, 5.74) is 0.386. The molecular formula is C18H16N2O5S. The molecule has 0 radical (unpaired) electrons. The summed E-state index contributed by atoms with van der Waals surface area (Å²) in [6.07, 6.45) is 5.37. The molecule has 0 unspecified atom stereocenters. The minimum Gasteiger partial charge on any atom is -0.493 e. The van der Waals surface area contributed by atoms with Crippen molar-refractivity contribution in [2.24, 2.45) is 0 Å². The van der Waals surface area contributed by atoms with Gasteiger partial charge in [-0.05, 0) is 24.3 Å². The SMILES string of the molecule is C#CCN1C(=O)N(c2ccc(OC)c(OC)c2)S(=O)(=O)c2ccccc21. The van der Waals surface area contributed by atoms with Gasteiger partial charge in [0.25, 0.3) is 10.0 Å². The molecule has 0 aromatic heterocycles. The van der Waals surface area contributed by atoms with E-state index >= 15 is 0 Å². The van der Waals surface area contributed by atoms with E-state index in [1.165, 1.54) is 43.4 Å². The van der Waals surface area contributed by atoms with Crippen molar-refractivity contribution in [1.82, 2.24) is 0 Å². The molecule has 26 heavy (non-hydrogen) atoms. The van der Waals surface area contributed by atoms with Crippen LogP contribution in [0, 0.1) is 12.3 Å². The molecule has 7 nitrogen and oxygen atoms in total. The number of carbonyl (C=O) groups excluding carboxylic acids is 1. The number of ether oxygens (including phenoxy) is 2. The zero-order valence-corrected chi connectivity index (χ0v) is 15.0. The summed E-state index contributed by atoms with van der Waals surface area (Å²) in [4.78, 5) is 14.2. The Hall–Kier alpha value is -3.18. The number of nitrogens with zero attached hydrogens (tertiary/aromatic N) is 2. The molecule has 0 saturated carbocycles. The van der Waals surface area contributed by atoms with Crippen molar-refractivity contribution in [3.8, 4) is 23.8 Å². The average Bonchev–Trinajstić information content (AvgIpc) is 2.65. The number of hydrogen-bond acceptors (Lipinski definition) is 5. The minimum absolute atomic E-state index is 0.00429. The smallest absolute Gasteiger partial charge is 0.344 e. The Morgan fingerprint density at radius 1 is 1.08 bits per heavy atom. The number of carbonyl (C=O) groups is 1. The van der Waals surface area contributed by atoms with Crippen LogP contribution < -0.4 is 18.7 Å². The minimum atomic E-state index is -4.10. The quantitative estimate of drug-likeness (QED) is 0.771. The van der Waals surface area contributed by atoms with E-state index in [1.54, 1.807) is 18.2 Å². The maximum absolute atomic E-state index is 13.1. The number of benzene rings is 2. The highest BCUT2D eigenvalue weighted by molar-refractivity contribution is 7.94. The van der Waals surface area contributed by atoms with Crippen molar-refractivity contribution >= 4 is 27.4 Å².